The van der Waals surface area contributed by atoms with Crippen LogP contribution in [0.2, 0.25) is 15.5 Å². The molecular formula is C27H40Cl3N7O2. The fourth-order valence-electron chi connectivity index (χ4n) is 5.79. The van der Waals surface area contributed by atoms with Crippen LogP contribution in [0.4, 0.5) is 5.82 Å². The van der Waals surface area contributed by atoms with Gasteiger partial charge in [0.25, 0.3) is 0 Å². The van der Waals surface area contributed by atoms with Crippen molar-refractivity contribution in [2.75, 3.05) is 71.5 Å². The van der Waals surface area contributed by atoms with Crippen molar-refractivity contribution in [3.05, 3.63) is 39.7 Å². The first-order valence-corrected chi connectivity index (χ1v) is 14.9. The van der Waals surface area contributed by atoms with E-state index in [1.165, 1.54) is 32.1 Å². The Labute approximate surface area is 247 Å². The van der Waals surface area contributed by atoms with Gasteiger partial charge in [-0.2, -0.15) is 0 Å². The van der Waals surface area contributed by atoms with Gasteiger partial charge in [0.05, 0.1) is 24.4 Å². The van der Waals surface area contributed by atoms with Crippen molar-refractivity contribution in [1.82, 2.24) is 30.2 Å². The van der Waals surface area contributed by atoms with Crippen molar-refractivity contribution in [3.8, 4) is 0 Å². The third kappa shape index (κ3) is 9.35. The molecule has 0 amide bonds. The van der Waals surface area contributed by atoms with Gasteiger partial charge in [-0.3, -0.25) is 0 Å². The standard InChI is InChI=1S/C13H19ClN4O.C10H19NO.C4H2Cl2N2/c1-17-8-9-19-13(10-17)4-6-18(7-5-13)12-3-2-11(14)15-16-12;1-11-7-8-12-10(9-11)5-3-2-4-6-10;5-3-1-2-4(6)8-7-3/h2-3H,4-10H2,1H3;2-9H2,1H3;1-2H. The molecule has 2 aromatic rings. The molecule has 9 nitrogen and oxygen atoms in total. The lowest BCUT2D eigenvalue weighted by Crippen LogP contribution is -2.56. The Balaban J connectivity index is 0.000000150. The van der Waals surface area contributed by atoms with Crippen LogP contribution in [0.5, 0.6) is 0 Å². The summed E-state index contributed by atoms with van der Waals surface area (Å²) in [7, 11) is 4.38. The smallest absolute Gasteiger partial charge is 0.151 e. The molecule has 4 aliphatic rings. The van der Waals surface area contributed by atoms with E-state index in [1.807, 2.05) is 6.07 Å². The van der Waals surface area contributed by atoms with Crippen molar-refractivity contribution >= 4 is 40.6 Å². The first-order valence-electron chi connectivity index (χ1n) is 13.8. The van der Waals surface area contributed by atoms with Crippen LogP contribution in [-0.2, 0) is 9.47 Å². The van der Waals surface area contributed by atoms with E-state index in [0.717, 1.165) is 71.1 Å². The monoisotopic (exact) mass is 599 g/mol. The van der Waals surface area contributed by atoms with E-state index in [-0.39, 0.29) is 11.2 Å². The number of aromatic nitrogens is 4. The number of morpholine rings is 2. The quantitative estimate of drug-likeness (QED) is 0.456. The van der Waals surface area contributed by atoms with Gasteiger partial charge in [0, 0.05) is 39.3 Å². The highest BCUT2D eigenvalue weighted by molar-refractivity contribution is 6.31. The van der Waals surface area contributed by atoms with Gasteiger partial charge in [0.15, 0.2) is 21.3 Å². The summed E-state index contributed by atoms with van der Waals surface area (Å²) in [6, 6.07) is 6.88. The third-order valence-electron chi connectivity index (χ3n) is 7.86. The van der Waals surface area contributed by atoms with Gasteiger partial charge in [-0.25, -0.2) is 0 Å². The molecule has 5 heterocycles. The first-order chi connectivity index (χ1) is 18.8. The summed E-state index contributed by atoms with van der Waals surface area (Å²) in [5.41, 5.74) is 0.300. The predicted octanol–water partition coefficient (Wildman–Crippen LogP) is 4.87. The molecule has 4 fully saturated rings. The van der Waals surface area contributed by atoms with Gasteiger partial charge in [0.1, 0.15) is 0 Å². The van der Waals surface area contributed by atoms with E-state index in [1.54, 1.807) is 18.2 Å². The van der Waals surface area contributed by atoms with Crippen molar-refractivity contribution in [2.45, 2.75) is 56.1 Å². The molecule has 3 aliphatic heterocycles. The zero-order chi connectivity index (χ0) is 27.7. The molecule has 12 heteroatoms. The SMILES string of the molecule is CN1CCOC2(CCCCC2)C1.CN1CCOC2(CCN(c3ccc(Cl)nn3)CC2)C1.Clc1ccc(Cl)nn1. The number of halogens is 3. The maximum Gasteiger partial charge on any atom is 0.151 e. The number of hydrogen-bond donors (Lipinski definition) is 0. The summed E-state index contributed by atoms with van der Waals surface area (Å²) in [6.07, 6.45) is 8.81. The molecule has 0 atom stereocenters. The Morgan fingerprint density at radius 1 is 0.615 bits per heavy atom. The van der Waals surface area contributed by atoms with Gasteiger partial charge in [-0.1, -0.05) is 54.1 Å². The third-order valence-corrected chi connectivity index (χ3v) is 8.46. The van der Waals surface area contributed by atoms with Crippen molar-refractivity contribution in [3.63, 3.8) is 0 Å². The highest BCUT2D eigenvalue weighted by Crippen LogP contribution is 2.34. The number of rotatable bonds is 1. The minimum atomic E-state index is 0.0450. The second kappa shape index (κ2) is 14.5. The van der Waals surface area contributed by atoms with Gasteiger partial charge in [-0.05, 0) is 64.0 Å². The van der Waals surface area contributed by atoms with E-state index < -0.39 is 0 Å². The molecule has 0 aromatic carbocycles. The topological polar surface area (TPSA) is 79.7 Å². The van der Waals surface area contributed by atoms with E-state index in [9.17, 15) is 0 Å². The van der Waals surface area contributed by atoms with E-state index >= 15 is 0 Å². The molecule has 39 heavy (non-hydrogen) atoms. The molecular weight excluding hydrogens is 561 g/mol. The summed E-state index contributed by atoms with van der Waals surface area (Å²) < 4.78 is 12.0. The van der Waals surface area contributed by atoms with Crippen LogP contribution in [-0.4, -0.2) is 108 Å². The van der Waals surface area contributed by atoms with Crippen LogP contribution in [0.1, 0.15) is 44.9 Å². The average Bonchev–Trinajstić information content (AvgIpc) is 2.92. The fourth-order valence-corrected chi connectivity index (χ4v) is 6.09. The number of anilines is 1. The molecule has 1 saturated carbocycles. The van der Waals surface area contributed by atoms with Crippen LogP contribution in [0, 0.1) is 0 Å². The van der Waals surface area contributed by atoms with Gasteiger partial charge in [0.2, 0.25) is 0 Å². The molecule has 0 radical (unpaired) electrons. The molecule has 0 unspecified atom stereocenters. The molecule has 3 saturated heterocycles. The van der Waals surface area contributed by atoms with Gasteiger partial charge in [-0.15, -0.1) is 20.4 Å². The summed E-state index contributed by atoms with van der Waals surface area (Å²) >= 11 is 16.5. The lowest BCUT2D eigenvalue weighted by molar-refractivity contribution is -0.121. The number of ether oxygens (including phenoxy) is 2. The normalized spacial score (nSPS) is 22.9. The Kier molecular flexibility index (Phi) is 11.4. The number of piperidine rings is 1. The van der Waals surface area contributed by atoms with Crippen LogP contribution < -0.4 is 4.90 Å². The summed E-state index contributed by atoms with van der Waals surface area (Å²) in [5, 5.41) is 16.1. The molecule has 1 aliphatic carbocycles. The van der Waals surface area contributed by atoms with E-state index in [0.29, 0.717) is 15.5 Å². The van der Waals surface area contributed by atoms with Gasteiger partial charge < -0.3 is 24.2 Å². The van der Waals surface area contributed by atoms with Crippen LogP contribution in [0.3, 0.4) is 0 Å². The van der Waals surface area contributed by atoms with Crippen molar-refractivity contribution < 1.29 is 9.47 Å². The van der Waals surface area contributed by atoms with Crippen LogP contribution in [0.15, 0.2) is 24.3 Å². The van der Waals surface area contributed by atoms with E-state index in [2.05, 4.69) is 49.2 Å². The Hall–Kier alpha value is -1.33. The largest absolute Gasteiger partial charge is 0.372 e. The van der Waals surface area contributed by atoms with Crippen LogP contribution >= 0.6 is 34.8 Å². The average molecular weight is 601 g/mol. The highest BCUT2D eigenvalue weighted by atomic mass is 35.5. The Bertz CT molecular complexity index is 975. The molecule has 2 spiro atoms. The molecule has 6 rings (SSSR count). The predicted molar refractivity (Wildman–Crippen MR) is 156 cm³/mol. The molecule has 0 bridgehead atoms. The maximum absolute atomic E-state index is 6.05. The van der Waals surface area contributed by atoms with Crippen molar-refractivity contribution in [2.24, 2.45) is 0 Å². The zero-order valence-electron chi connectivity index (χ0n) is 23.0. The zero-order valence-corrected chi connectivity index (χ0v) is 25.3. The Morgan fingerprint density at radius 3 is 1.51 bits per heavy atom. The molecule has 216 valence electrons. The number of likely N-dealkylation sites (N-methyl/N-ethyl adjacent to an activating group) is 2. The first kappa shape index (κ1) is 30.6. The second-order valence-electron chi connectivity index (χ2n) is 11.0. The van der Waals surface area contributed by atoms with E-state index in [4.69, 9.17) is 44.3 Å². The summed E-state index contributed by atoms with van der Waals surface area (Å²) in [6.45, 7) is 8.05. The highest BCUT2D eigenvalue weighted by Gasteiger charge is 2.39. The number of nitrogens with zero attached hydrogens (tertiary/aromatic N) is 7. The van der Waals surface area contributed by atoms with Gasteiger partial charge >= 0.3 is 0 Å². The minimum Gasteiger partial charge on any atom is -0.372 e. The van der Waals surface area contributed by atoms with Crippen LogP contribution in [0.25, 0.3) is 0 Å². The minimum absolute atomic E-state index is 0.0450. The lowest BCUT2D eigenvalue weighted by Gasteiger charge is -2.46. The Morgan fingerprint density at radius 2 is 1.08 bits per heavy atom. The summed E-state index contributed by atoms with van der Waals surface area (Å²) in [5.74, 6) is 0.906. The maximum atomic E-state index is 6.05. The molecule has 2 aromatic heterocycles. The number of hydrogen-bond acceptors (Lipinski definition) is 9. The lowest BCUT2D eigenvalue weighted by atomic mass is 9.83. The molecule has 0 N–H and O–H groups in total. The fraction of sp³-hybridized carbons (Fsp3) is 0.704. The second-order valence-corrected chi connectivity index (χ2v) is 12.1. The summed E-state index contributed by atoms with van der Waals surface area (Å²) in [4.78, 5) is 7.03. The van der Waals surface area contributed by atoms with Crippen molar-refractivity contribution in [1.29, 1.82) is 0 Å².